The minimum Gasteiger partial charge on any atom is -0.481 e. The van der Waals surface area contributed by atoms with Crippen LogP contribution in [0.4, 0.5) is 4.79 Å². The highest BCUT2D eigenvalue weighted by Gasteiger charge is 2.09. The Bertz CT molecular complexity index is 307. The summed E-state index contributed by atoms with van der Waals surface area (Å²) in [7, 11) is 0. The predicted molar refractivity (Wildman–Crippen MR) is 79.4 cm³/mol. The lowest BCUT2D eigenvalue weighted by molar-refractivity contribution is -0.137. The Morgan fingerprint density at radius 2 is 1.67 bits per heavy atom. The molecule has 1 heterocycles. The zero-order valence-electron chi connectivity index (χ0n) is 12.6. The number of carboxylic acid groups (broad SMARTS) is 1. The molecule has 1 aliphatic heterocycles. The van der Waals surface area contributed by atoms with Crippen LogP contribution in [0.15, 0.2) is 0 Å². The maximum absolute atomic E-state index is 11.5. The second kappa shape index (κ2) is 11.3. The summed E-state index contributed by atoms with van der Waals surface area (Å²) in [4.78, 5) is 24.1. The van der Waals surface area contributed by atoms with Crippen molar-refractivity contribution in [3.05, 3.63) is 0 Å². The molecule has 2 amide bonds. The van der Waals surface area contributed by atoms with Gasteiger partial charge in [0.05, 0.1) is 13.2 Å². The summed E-state index contributed by atoms with van der Waals surface area (Å²) >= 11 is 0. The van der Waals surface area contributed by atoms with E-state index < -0.39 is 5.97 Å². The first-order valence-corrected chi connectivity index (χ1v) is 7.72. The Hall–Kier alpha value is -1.34. The first-order valence-electron chi connectivity index (χ1n) is 7.72. The largest absolute Gasteiger partial charge is 0.481 e. The molecule has 0 aromatic heterocycles. The fraction of sp³-hybridized carbons (Fsp3) is 0.857. The molecule has 0 radical (unpaired) electrons. The van der Waals surface area contributed by atoms with Gasteiger partial charge >= 0.3 is 12.0 Å². The third-order valence-corrected chi connectivity index (χ3v) is 3.42. The molecule has 3 N–H and O–H groups in total. The highest BCUT2D eigenvalue weighted by molar-refractivity contribution is 5.73. The SMILES string of the molecule is O=C(O)CCCCCCNC(=O)NCCN1CCOCC1. The summed E-state index contributed by atoms with van der Waals surface area (Å²) in [5.41, 5.74) is 0. The maximum Gasteiger partial charge on any atom is 0.314 e. The summed E-state index contributed by atoms with van der Waals surface area (Å²) in [6, 6.07) is -0.131. The third kappa shape index (κ3) is 10.1. The lowest BCUT2D eigenvalue weighted by Crippen LogP contribution is -2.43. The molecule has 0 atom stereocenters. The minimum absolute atomic E-state index is 0.131. The first-order chi connectivity index (χ1) is 10.2. The van der Waals surface area contributed by atoms with Crippen LogP contribution in [0.1, 0.15) is 32.1 Å². The number of morpholine rings is 1. The van der Waals surface area contributed by atoms with Crippen LogP contribution in [0.25, 0.3) is 0 Å². The monoisotopic (exact) mass is 301 g/mol. The van der Waals surface area contributed by atoms with Crippen LogP contribution in [0, 0.1) is 0 Å². The van der Waals surface area contributed by atoms with Crippen molar-refractivity contribution in [3.8, 4) is 0 Å². The van der Waals surface area contributed by atoms with Crippen molar-refractivity contribution in [3.63, 3.8) is 0 Å². The molecule has 0 unspecified atom stereocenters. The number of carbonyl (C=O) groups excluding carboxylic acids is 1. The van der Waals surface area contributed by atoms with Crippen molar-refractivity contribution < 1.29 is 19.4 Å². The molecule has 0 saturated carbocycles. The summed E-state index contributed by atoms with van der Waals surface area (Å²) in [5, 5.41) is 14.1. The molecule has 0 bridgehead atoms. The van der Waals surface area contributed by atoms with E-state index in [0.717, 1.165) is 52.1 Å². The van der Waals surface area contributed by atoms with E-state index in [1.54, 1.807) is 0 Å². The number of nitrogens with zero attached hydrogens (tertiary/aromatic N) is 1. The Balaban J connectivity index is 1.86. The quantitative estimate of drug-likeness (QED) is 0.516. The van der Waals surface area contributed by atoms with E-state index in [1.807, 2.05) is 0 Å². The Labute approximate surface area is 126 Å². The Morgan fingerprint density at radius 3 is 2.38 bits per heavy atom. The summed E-state index contributed by atoms with van der Waals surface area (Å²) in [6.45, 7) is 5.54. The third-order valence-electron chi connectivity index (χ3n) is 3.42. The number of rotatable bonds is 10. The number of hydrogen-bond donors (Lipinski definition) is 3. The average Bonchev–Trinajstić information content (AvgIpc) is 2.47. The van der Waals surface area contributed by atoms with Gasteiger partial charge in [0.15, 0.2) is 0 Å². The maximum atomic E-state index is 11.5. The molecule has 1 fully saturated rings. The van der Waals surface area contributed by atoms with Gasteiger partial charge in [-0.15, -0.1) is 0 Å². The fourth-order valence-electron chi connectivity index (χ4n) is 2.17. The van der Waals surface area contributed by atoms with Gasteiger partial charge in [-0.25, -0.2) is 4.79 Å². The number of urea groups is 1. The molecule has 0 spiro atoms. The first kappa shape index (κ1) is 17.7. The molecule has 1 rings (SSSR count). The van der Waals surface area contributed by atoms with Crippen molar-refractivity contribution >= 4 is 12.0 Å². The van der Waals surface area contributed by atoms with Gasteiger partial charge in [-0.2, -0.15) is 0 Å². The molecule has 122 valence electrons. The lowest BCUT2D eigenvalue weighted by atomic mass is 10.1. The van der Waals surface area contributed by atoms with Crippen LogP contribution >= 0.6 is 0 Å². The number of nitrogens with one attached hydrogen (secondary N) is 2. The molecule has 1 saturated heterocycles. The molecule has 0 aromatic carbocycles. The smallest absolute Gasteiger partial charge is 0.314 e. The summed E-state index contributed by atoms with van der Waals surface area (Å²) in [6.07, 6.45) is 3.67. The van der Waals surface area contributed by atoms with Crippen LogP contribution in [0.2, 0.25) is 0 Å². The second-order valence-corrected chi connectivity index (χ2v) is 5.19. The second-order valence-electron chi connectivity index (χ2n) is 5.19. The van der Waals surface area contributed by atoms with Gasteiger partial charge in [0.1, 0.15) is 0 Å². The molecule has 7 heteroatoms. The highest BCUT2D eigenvalue weighted by Crippen LogP contribution is 2.02. The van der Waals surface area contributed by atoms with E-state index in [4.69, 9.17) is 9.84 Å². The number of unbranched alkanes of at least 4 members (excludes halogenated alkanes) is 3. The number of ether oxygens (including phenoxy) is 1. The van der Waals surface area contributed by atoms with Crippen molar-refractivity contribution in [1.82, 2.24) is 15.5 Å². The van der Waals surface area contributed by atoms with Crippen LogP contribution in [-0.2, 0) is 9.53 Å². The average molecular weight is 301 g/mol. The Kier molecular flexibility index (Phi) is 9.56. The normalized spacial score (nSPS) is 15.6. The van der Waals surface area contributed by atoms with Crippen molar-refractivity contribution in [1.29, 1.82) is 0 Å². The van der Waals surface area contributed by atoms with Gasteiger partial charge in [-0.1, -0.05) is 12.8 Å². The molecule has 7 nitrogen and oxygen atoms in total. The van der Waals surface area contributed by atoms with Gasteiger partial charge in [-0.05, 0) is 12.8 Å². The van der Waals surface area contributed by atoms with Gasteiger partial charge in [-0.3, -0.25) is 9.69 Å². The summed E-state index contributed by atoms with van der Waals surface area (Å²) < 4.78 is 5.26. The number of amides is 2. The standard InChI is InChI=1S/C14H27N3O4/c18-13(19)5-3-1-2-4-6-15-14(20)16-7-8-17-9-11-21-12-10-17/h1-12H2,(H,18,19)(H2,15,16,20). The van der Waals surface area contributed by atoms with Crippen LogP contribution in [0.5, 0.6) is 0 Å². The predicted octanol–water partition coefficient (Wildman–Crippen LogP) is 0.653. The number of carbonyl (C=O) groups is 2. The lowest BCUT2D eigenvalue weighted by Gasteiger charge is -2.26. The van der Waals surface area contributed by atoms with E-state index in [2.05, 4.69) is 15.5 Å². The minimum atomic E-state index is -0.743. The van der Waals surface area contributed by atoms with Crippen molar-refractivity contribution in [2.45, 2.75) is 32.1 Å². The Morgan fingerprint density at radius 1 is 1.00 bits per heavy atom. The topological polar surface area (TPSA) is 90.9 Å². The molecule has 0 aliphatic carbocycles. The van der Waals surface area contributed by atoms with Gasteiger partial charge in [0.25, 0.3) is 0 Å². The molecule has 0 aromatic rings. The van der Waals surface area contributed by atoms with E-state index in [-0.39, 0.29) is 12.5 Å². The highest BCUT2D eigenvalue weighted by atomic mass is 16.5. The van der Waals surface area contributed by atoms with E-state index in [9.17, 15) is 9.59 Å². The van der Waals surface area contributed by atoms with Gasteiger partial charge in [0.2, 0.25) is 0 Å². The van der Waals surface area contributed by atoms with Crippen LogP contribution in [-0.4, -0.2) is 67.9 Å². The molecular weight excluding hydrogens is 274 g/mol. The summed E-state index contributed by atoms with van der Waals surface area (Å²) in [5.74, 6) is -0.743. The van der Waals surface area contributed by atoms with Gasteiger partial charge < -0.3 is 20.5 Å². The van der Waals surface area contributed by atoms with E-state index in [0.29, 0.717) is 19.5 Å². The van der Waals surface area contributed by atoms with Crippen molar-refractivity contribution in [2.75, 3.05) is 45.9 Å². The van der Waals surface area contributed by atoms with Crippen LogP contribution < -0.4 is 10.6 Å². The zero-order chi connectivity index (χ0) is 15.3. The van der Waals surface area contributed by atoms with E-state index in [1.165, 1.54) is 0 Å². The van der Waals surface area contributed by atoms with Crippen molar-refractivity contribution in [2.24, 2.45) is 0 Å². The number of hydrogen-bond acceptors (Lipinski definition) is 4. The van der Waals surface area contributed by atoms with E-state index >= 15 is 0 Å². The zero-order valence-corrected chi connectivity index (χ0v) is 12.6. The van der Waals surface area contributed by atoms with Crippen LogP contribution in [0.3, 0.4) is 0 Å². The number of aliphatic carboxylic acids is 1. The molecule has 1 aliphatic rings. The molecular formula is C14H27N3O4. The fourth-order valence-corrected chi connectivity index (χ4v) is 2.17. The molecule has 21 heavy (non-hydrogen) atoms. The number of carboxylic acids is 1. The van der Waals surface area contributed by atoms with Gasteiger partial charge in [0, 0.05) is 39.1 Å².